The number of aliphatic hydroxyl groups excluding tert-OH is 1. The second-order valence-corrected chi connectivity index (χ2v) is 4.17. The van der Waals surface area contributed by atoms with Gasteiger partial charge >= 0.3 is 0 Å². The van der Waals surface area contributed by atoms with E-state index in [2.05, 4.69) is 19.2 Å². The zero-order chi connectivity index (χ0) is 12.0. The third-order valence-corrected chi connectivity index (χ3v) is 2.64. The van der Waals surface area contributed by atoms with Crippen LogP contribution in [0.4, 0.5) is 4.39 Å². The van der Waals surface area contributed by atoms with Gasteiger partial charge in [-0.2, -0.15) is 0 Å². The van der Waals surface area contributed by atoms with E-state index in [1.807, 2.05) is 0 Å². The predicted octanol–water partition coefficient (Wildman–Crippen LogP) is 2.64. The molecule has 0 fully saturated rings. The highest BCUT2D eigenvalue weighted by atomic mass is 19.1. The van der Waals surface area contributed by atoms with Crippen molar-refractivity contribution in [3.05, 3.63) is 35.6 Å². The lowest BCUT2D eigenvalue weighted by Gasteiger charge is -2.16. The SMILES string of the molecule is CCC[C@@H](C)NCC(O)c1ccc(F)cc1. The first-order valence-electron chi connectivity index (χ1n) is 5.80. The third-order valence-electron chi connectivity index (χ3n) is 2.64. The van der Waals surface area contributed by atoms with Gasteiger partial charge in [0.1, 0.15) is 5.82 Å². The summed E-state index contributed by atoms with van der Waals surface area (Å²) in [5.41, 5.74) is 0.748. The Kier molecular flexibility index (Phi) is 5.43. The Bertz CT molecular complexity index is 299. The first-order chi connectivity index (χ1) is 7.63. The van der Waals surface area contributed by atoms with Gasteiger partial charge in [0.15, 0.2) is 0 Å². The minimum Gasteiger partial charge on any atom is -0.387 e. The van der Waals surface area contributed by atoms with Crippen molar-refractivity contribution in [1.29, 1.82) is 0 Å². The van der Waals surface area contributed by atoms with E-state index < -0.39 is 6.10 Å². The minimum absolute atomic E-state index is 0.275. The molecule has 2 N–H and O–H groups in total. The van der Waals surface area contributed by atoms with Crippen LogP contribution in [0.1, 0.15) is 38.4 Å². The maximum atomic E-state index is 12.7. The fourth-order valence-corrected chi connectivity index (χ4v) is 1.65. The van der Waals surface area contributed by atoms with Gasteiger partial charge in [-0.1, -0.05) is 25.5 Å². The van der Waals surface area contributed by atoms with Crippen LogP contribution in [0, 0.1) is 5.82 Å². The molecule has 0 saturated carbocycles. The molecular formula is C13H20FNO. The number of hydrogen-bond acceptors (Lipinski definition) is 2. The first kappa shape index (κ1) is 13.1. The summed E-state index contributed by atoms with van der Waals surface area (Å²) in [6.45, 7) is 4.74. The lowest BCUT2D eigenvalue weighted by molar-refractivity contribution is 0.170. The molecule has 0 heterocycles. The molecule has 0 amide bonds. The van der Waals surface area contributed by atoms with Crippen LogP contribution in [0.5, 0.6) is 0 Å². The lowest BCUT2D eigenvalue weighted by Crippen LogP contribution is -2.30. The van der Waals surface area contributed by atoms with Gasteiger partial charge in [0, 0.05) is 12.6 Å². The van der Waals surface area contributed by atoms with Crippen molar-refractivity contribution in [3.63, 3.8) is 0 Å². The molecule has 90 valence electrons. The molecule has 1 aromatic rings. The van der Waals surface area contributed by atoms with E-state index in [1.165, 1.54) is 12.1 Å². The maximum Gasteiger partial charge on any atom is 0.123 e. The molecule has 0 aliphatic rings. The second-order valence-electron chi connectivity index (χ2n) is 4.17. The summed E-state index contributed by atoms with van der Waals surface area (Å²) in [5, 5.41) is 13.1. The molecule has 2 nitrogen and oxygen atoms in total. The van der Waals surface area contributed by atoms with E-state index in [4.69, 9.17) is 0 Å². The quantitative estimate of drug-likeness (QED) is 0.780. The van der Waals surface area contributed by atoms with Crippen molar-refractivity contribution in [3.8, 4) is 0 Å². The number of hydrogen-bond donors (Lipinski definition) is 2. The van der Waals surface area contributed by atoms with Crippen molar-refractivity contribution >= 4 is 0 Å². The number of benzene rings is 1. The summed E-state index contributed by atoms with van der Waals surface area (Å²) in [5.74, 6) is -0.275. The van der Waals surface area contributed by atoms with Crippen LogP contribution in [0.25, 0.3) is 0 Å². The molecule has 2 atom stereocenters. The highest BCUT2D eigenvalue weighted by molar-refractivity contribution is 5.18. The number of rotatable bonds is 6. The molecule has 0 spiro atoms. The van der Waals surface area contributed by atoms with Crippen LogP contribution in [0.3, 0.4) is 0 Å². The van der Waals surface area contributed by atoms with Crippen molar-refractivity contribution in [2.24, 2.45) is 0 Å². The molecule has 0 radical (unpaired) electrons. The van der Waals surface area contributed by atoms with Crippen LogP contribution in [0.2, 0.25) is 0 Å². The summed E-state index contributed by atoms with van der Waals surface area (Å²) in [7, 11) is 0. The van der Waals surface area contributed by atoms with Crippen LogP contribution in [0.15, 0.2) is 24.3 Å². The van der Waals surface area contributed by atoms with Crippen molar-refractivity contribution in [2.75, 3.05) is 6.54 Å². The molecule has 3 heteroatoms. The van der Waals surface area contributed by atoms with Gasteiger partial charge in [0.25, 0.3) is 0 Å². The van der Waals surface area contributed by atoms with E-state index in [9.17, 15) is 9.50 Å². The number of nitrogens with one attached hydrogen (secondary N) is 1. The van der Waals surface area contributed by atoms with Gasteiger partial charge in [-0.05, 0) is 31.0 Å². The largest absolute Gasteiger partial charge is 0.387 e. The van der Waals surface area contributed by atoms with E-state index in [1.54, 1.807) is 12.1 Å². The van der Waals surface area contributed by atoms with Gasteiger partial charge in [0.05, 0.1) is 6.10 Å². The Balaban J connectivity index is 2.40. The number of halogens is 1. The van der Waals surface area contributed by atoms with Crippen LogP contribution >= 0.6 is 0 Å². The average molecular weight is 225 g/mol. The zero-order valence-corrected chi connectivity index (χ0v) is 9.91. The van der Waals surface area contributed by atoms with Gasteiger partial charge in [-0.15, -0.1) is 0 Å². The van der Waals surface area contributed by atoms with Crippen molar-refractivity contribution < 1.29 is 9.50 Å². The predicted molar refractivity (Wildman–Crippen MR) is 63.7 cm³/mol. The maximum absolute atomic E-state index is 12.7. The average Bonchev–Trinajstić information content (AvgIpc) is 2.27. The Morgan fingerprint density at radius 3 is 2.50 bits per heavy atom. The normalized spacial score (nSPS) is 14.8. The van der Waals surface area contributed by atoms with Crippen LogP contribution in [-0.4, -0.2) is 17.7 Å². The van der Waals surface area contributed by atoms with Crippen molar-refractivity contribution in [2.45, 2.75) is 38.8 Å². The third kappa shape index (κ3) is 4.29. The van der Waals surface area contributed by atoms with E-state index in [-0.39, 0.29) is 5.82 Å². The van der Waals surface area contributed by atoms with Gasteiger partial charge in [-0.25, -0.2) is 4.39 Å². The van der Waals surface area contributed by atoms with Crippen LogP contribution in [-0.2, 0) is 0 Å². The molecule has 0 aliphatic carbocycles. The second kappa shape index (κ2) is 6.61. The summed E-state index contributed by atoms with van der Waals surface area (Å²) >= 11 is 0. The smallest absolute Gasteiger partial charge is 0.123 e. The molecular weight excluding hydrogens is 205 g/mol. The first-order valence-corrected chi connectivity index (χ1v) is 5.80. The Labute approximate surface area is 96.5 Å². The molecule has 0 saturated heterocycles. The topological polar surface area (TPSA) is 32.3 Å². The molecule has 1 unspecified atom stereocenters. The summed E-state index contributed by atoms with van der Waals surface area (Å²) < 4.78 is 12.7. The Morgan fingerprint density at radius 1 is 1.31 bits per heavy atom. The summed E-state index contributed by atoms with van der Waals surface area (Å²) in [6, 6.07) is 6.38. The minimum atomic E-state index is -0.570. The monoisotopic (exact) mass is 225 g/mol. The zero-order valence-electron chi connectivity index (χ0n) is 9.91. The van der Waals surface area contributed by atoms with Crippen molar-refractivity contribution in [1.82, 2.24) is 5.32 Å². The molecule has 16 heavy (non-hydrogen) atoms. The molecule has 0 bridgehead atoms. The van der Waals surface area contributed by atoms with Gasteiger partial charge < -0.3 is 10.4 Å². The Hall–Kier alpha value is -0.930. The van der Waals surface area contributed by atoms with E-state index in [0.29, 0.717) is 12.6 Å². The van der Waals surface area contributed by atoms with E-state index >= 15 is 0 Å². The molecule has 1 rings (SSSR count). The molecule has 0 aliphatic heterocycles. The molecule has 0 aromatic heterocycles. The summed E-state index contributed by atoms with van der Waals surface area (Å²) in [4.78, 5) is 0. The highest BCUT2D eigenvalue weighted by Crippen LogP contribution is 2.12. The van der Waals surface area contributed by atoms with Gasteiger partial charge in [-0.3, -0.25) is 0 Å². The fourth-order valence-electron chi connectivity index (χ4n) is 1.65. The lowest BCUT2D eigenvalue weighted by atomic mass is 10.1. The Morgan fingerprint density at radius 2 is 1.94 bits per heavy atom. The standard InChI is InChI=1S/C13H20FNO/c1-3-4-10(2)15-9-13(16)11-5-7-12(14)8-6-11/h5-8,10,13,15-16H,3-4,9H2,1-2H3/t10-,13?/m1/s1. The van der Waals surface area contributed by atoms with Crippen LogP contribution < -0.4 is 5.32 Å². The number of aliphatic hydroxyl groups is 1. The fraction of sp³-hybridized carbons (Fsp3) is 0.538. The molecule has 1 aromatic carbocycles. The summed E-state index contributed by atoms with van der Waals surface area (Å²) in [6.07, 6.45) is 1.65. The highest BCUT2D eigenvalue weighted by Gasteiger charge is 2.08. The van der Waals surface area contributed by atoms with E-state index in [0.717, 1.165) is 18.4 Å². The van der Waals surface area contributed by atoms with Gasteiger partial charge in [0.2, 0.25) is 0 Å².